The molecular formula is C18H18N4O3. The Morgan fingerprint density at radius 2 is 2.08 bits per heavy atom. The molecule has 7 nitrogen and oxygen atoms in total. The number of carbonyl (C=O) groups is 2. The molecule has 7 heteroatoms. The van der Waals surface area contributed by atoms with Gasteiger partial charge in [-0.1, -0.05) is 18.2 Å². The Labute approximate surface area is 145 Å². The summed E-state index contributed by atoms with van der Waals surface area (Å²) in [4.78, 5) is 23.9. The van der Waals surface area contributed by atoms with Gasteiger partial charge in [0.05, 0.1) is 18.2 Å². The molecule has 1 aromatic carbocycles. The summed E-state index contributed by atoms with van der Waals surface area (Å²) >= 11 is 0. The Morgan fingerprint density at radius 1 is 1.28 bits per heavy atom. The number of nitriles is 1. The van der Waals surface area contributed by atoms with Crippen LogP contribution in [0.1, 0.15) is 34.6 Å². The van der Waals surface area contributed by atoms with Crippen LogP contribution >= 0.6 is 0 Å². The fourth-order valence-electron chi connectivity index (χ4n) is 2.89. The molecule has 128 valence electrons. The molecule has 1 N–H and O–H groups in total. The van der Waals surface area contributed by atoms with E-state index in [0.717, 1.165) is 36.2 Å². The summed E-state index contributed by atoms with van der Waals surface area (Å²) in [5.74, 6) is -1.02. The third-order valence-electron chi connectivity index (χ3n) is 4.02. The first-order valence-electron chi connectivity index (χ1n) is 8.17. The third-order valence-corrected chi connectivity index (χ3v) is 4.02. The maximum atomic E-state index is 12.4. The van der Waals surface area contributed by atoms with Crippen molar-refractivity contribution in [2.24, 2.45) is 0 Å². The number of rotatable bonds is 6. The Bertz CT molecular complexity index is 821. The Hall–Kier alpha value is -3.14. The van der Waals surface area contributed by atoms with E-state index in [1.165, 1.54) is 0 Å². The second-order valence-corrected chi connectivity index (χ2v) is 5.71. The van der Waals surface area contributed by atoms with Gasteiger partial charge in [0.15, 0.2) is 12.3 Å². The van der Waals surface area contributed by atoms with E-state index in [1.54, 1.807) is 4.68 Å². The van der Waals surface area contributed by atoms with Crippen molar-refractivity contribution in [2.45, 2.75) is 25.7 Å². The van der Waals surface area contributed by atoms with E-state index in [2.05, 4.69) is 10.4 Å². The van der Waals surface area contributed by atoms with Crippen molar-refractivity contribution in [3.8, 4) is 11.8 Å². The average Bonchev–Trinajstić information content (AvgIpc) is 3.23. The van der Waals surface area contributed by atoms with Gasteiger partial charge in [-0.25, -0.2) is 9.48 Å². The van der Waals surface area contributed by atoms with Gasteiger partial charge < -0.3 is 10.1 Å². The van der Waals surface area contributed by atoms with Crippen LogP contribution in [0.15, 0.2) is 30.3 Å². The number of nitrogens with zero attached hydrogens (tertiary/aromatic N) is 3. The zero-order chi connectivity index (χ0) is 17.6. The van der Waals surface area contributed by atoms with E-state index >= 15 is 0 Å². The van der Waals surface area contributed by atoms with E-state index in [9.17, 15) is 9.59 Å². The van der Waals surface area contributed by atoms with E-state index in [1.807, 2.05) is 36.4 Å². The van der Waals surface area contributed by atoms with E-state index in [-0.39, 0.29) is 25.3 Å². The molecule has 1 aliphatic rings. The quantitative estimate of drug-likeness (QED) is 0.636. The molecule has 0 bridgehead atoms. The lowest BCUT2D eigenvalue weighted by Gasteiger charge is -2.05. The van der Waals surface area contributed by atoms with Gasteiger partial charge in [-0.05, 0) is 31.4 Å². The van der Waals surface area contributed by atoms with Gasteiger partial charge in [-0.2, -0.15) is 10.4 Å². The standard InChI is InChI=1S/C18H18N4O3/c19-10-5-11-20-16(23)12-25-18(24)17-14-8-4-9-15(14)22(21-17)13-6-2-1-3-7-13/h1-3,6-7H,4-5,8-9,11-12H2,(H,20,23). The van der Waals surface area contributed by atoms with Crippen LogP contribution in [-0.2, 0) is 22.4 Å². The number of esters is 1. The van der Waals surface area contributed by atoms with E-state index in [0.29, 0.717) is 0 Å². The zero-order valence-corrected chi connectivity index (χ0v) is 13.7. The summed E-state index contributed by atoms with van der Waals surface area (Å²) in [6.07, 6.45) is 2.82. The van der Waals surface area contributed by atoms with Crippen molar-refractivity contribution in [1.82, 2.24) is 15.1 Å². The van der Waals surface area contributed by atoms with Crippen molar-refractivity contribution in [3.63, 3.8) is 0 Å². The predicted octanol–water partition coefficient (Wildman–Crippen LogP) is 1.55. The summed E-state index contributed by atoms with van der Waals surface area (Å²) in [6, 6.07) is 11.6. The number of para-hydroxylation sites is 1. The lowest BCUT2D eigenvalue weighted by molar-refractivity contribution is -0.124. The van der Waals surface area contributed by atoms with Crippen molar-refractivity contribution in [3.05, 3.63) is 47.3 Å². The number of hydrogen-bond donors (Lipinski definition) is 1. The SMILES string of the molecule is N#CCCNC(=O)COC(=O)c1nn(-c2ccccc2)c2c1CCC2. The molecule has 1 heterocycles. The van der Waals surface area contributed by atoms with Crippen LogP contribution in [0, 0.1) is 11.3 Å². The minimum absolute atomic E-state index is 0.217. The Kier molecular flexibility index (Phi) is 5.09. The third kappa shape index (κ3) is 3.69. The fourth-order valence-corrected chi connectivity index (χ4v) is 2.89. The van der Waals surface area contributed by atoms with Gasteiger partial charge in [-0.3, -0.25) is 4.79 Å². The van der Waals surface area contributed by atoms with Crippen LogP contribution in [0.25, 0.3) is 5.69 Å². The summed E-state index contributed by atoms with van der Waals surface area (Å²) in [6.45, 7) is -0.137. The number of benzene rings is 1. The molecule has 25 heavy (non-hydrogen) atoms. The molecule has 0 atom stereocenters. The van der Waals surface area contributed by atoms with E-state index < -0.39 is 11.9 Å². The number of amides is 1. The number of nitrogens with one attached hydrogen (secondary N) is 1. The second kappa shape index (κ2) is 7.62. The van der Waals surface area contributed by atoms with E-state index in [4.69, 9.17) is 10.00 Å². The fraction of sp³-hybridized carbons (Fsp3) is 0.333. The van der Waals surface area contributed by atoms with Gasteiger partial charge in [0.1, 0.15) is 0 Å². The van der Waals surface area contributed by atoms with Gasteiger partial charge in [0, 0.05) is 17.8 Å². The maximum absolute atomic E-state index is 12.4. The number of carbonyl (C=O) groups excluding carboxylic acids is 2. The average molecular weight is 338 g/mol. The molecule has 1 amide bonds. The summed E-state index contributed by atoms with van der Waals surface area (Å²) in [5.41, 5.74) is 3.10. The van der Waals surface area contributed by atoms with Gasteiger partial charge >= 0.3 is 5.97 Å². The molecule has 3 rings (SSSR count). The monoisotopic (exact) mass is 338 g/mol. The first-order chi connectivity index (χ1) is 12.2. The largest absolute Gasteiger partial charge is 0.451 e. The number of aromatic nitrogens is 2. The Balaban J connectivity index is 1.72. The van der Waals surface area contributed by atoms with Crippen molar-refractivity contribution in [2.75, 3.05) is 13.2 Å². The summed E-state index contributed by atoms with van der Waals surface area (Å²) in [5, 5.41) is 15.4. The first-order valence-corrected chi connectivity index (χ1v) is 8.17. The second-order valence-electron chi connectivity index (χ2n) is 5.71. The minimum Gasteiger partial charge on any atom is -0.451 e. The highest BCUT2D eigenvalue weighted by molar-refractivity contribution is 5.91. The normalized spacial score (nSPS) is 12.3. The first kappa shape index (κ1) is 16.7. The molecule has 2 aromatic rings. The predicted molar refractivity (Wildman–Crippen MR) is 89.1 cm³/mol. The molecule has 1 aliphatic carbocycles. The Morgan fingerprint density at radius 3 is 2.84 bits per heavy atom. The minimum atomic E-state index is -0.594. The molecule has 0 fully saturated rings. The maximum Gasteiger partial charge on any atom is 0.359 e. The van der Waals surface area contributed by atoms with Crippen LogP contribution in [-0.4, -0.2) is 34.8 Å². The smallest absolute Gasteiger partial charge is 0.359 e. The van der Waals surface area contributed by atoms with Crippen molar-refractivity contribution < 1.29 is 14.3 Å². The summed E-state index contributed by atoms with van der Waals surface area (Å²) < 4.78 is 6.87. The molecule has 0 saturated carbocycles. The molecule has 0 aliphatic heterocycles. The molecule has 0 saturated heterocycles. The van der Waals surface area contributed by atoms with Gasteiger partial charge in [0.25, 0.3) is 5.91 Å². The van der Waals surface area contributed by atoms with Crippen LogP contribution in [0.3, 0.4) is 0 Å². The zero-order valence-electron chi connectivity index (χ0n) is 13.7. The molecule has 1 aromatic heterocycles. The highest BCUT2D eigenvalue weighted by Gasteiger charge is 2.28. The molecule has 0 radical (unpaired) electrons. The number of ether oxygens (including phenoxy) is 1. The van der Waals surface area contributed by atoms with Crippen LogP contribution in [0.4, 0.5) is 0 Å². The number of fused-ring (bicyclic) bond motifs is 1. The van der Waals surface area contributed by atoms with Gasteiger partial charge in [0.2, 0.25) is 0 Å². The highest BCUT2D eigenvalue weighted by Crippen LogP contribution is 2.28. The van der Waals surface area contributed by atoms with Crippen LogP contribution in [0.5, 0.6) is 0 Å². The molecule has 0 spiro atoms. The molecular weight excluding hydrogens is 320 g/mol. The lowest BCUT2D eigenvalue weighted by atomic mass is 10.2. The van der Waals surface area contributed by atoms with Crippen LogP contribution in [0.2, 0.25) is 0 Å². The van der Waals surface area contributed by atoms with Crippen molar-refractivity contribution >= 4 is 11.9 Å². The highest BCUT2D eigenvalue weighted by atomic mass is 16.5. The summed E-state index contributed by atoms with van der Waals surface area (Å²) in [7, 11) is 0. The molecule has 0 unspecified atom stereocenters. The van der Waals surface area contributed by atoms with Gasteiger partial charge in [-0.15, -0.1) is 0 Å². The number of hydrogen-bond acceptors (Lipinski definition) is 5. The topological polar surface area (TPSA) is 97.0 Å². The lowest BCUT2D eigenvalue weighted by Crippen LogP contribution is -2.29. The van der Waals surface area contributed by atoms with Crippen molar-refractivity contribution in [1.29, 1.82) is 5.26 Å². The van der Waals surface area contributed by atoms with Crippen LogP contribution < -0.4 is 5.32 Å².